The van der Waals surface area contributed by atoms with Gasteiger partial charge >= 0.3 is 0 Å². The zero-order chi connectivity index (χ0) is 5.70. The quantitative estimate of drug-likeness (QED) is 0.322. The van der Waals surface area contributed by atoms with Gasteiger partial charge in [0.15, 0.2) is 0 Å². The van der Waals surface area contributed by atoms with Gasteiger partial charge in [-0.2, -0.15) is 0 Å². The van der Waals surface area contributed by atoms with E-state index in [0.717, 1.165) is 6.21 Å². The van der Waals surface area contributed by atoms with Gasteiger partial charge in [-0.05, 0) is 12.2 Å². The molecule has 7 heavy (non-hydrogen) atoms. The summed E-state index contributed by atoms with van der Waals surface area (Å²) in [7, 11) is 0. The van der Waals surface area contributed by atoms with E-state index in [4.69, 9.17) is 16.2 Å². The second-order valence-electron chi connectivity index (χ2n) is 1.04. The molecular formula is C4H8N2O. The first-order chi connectivity index (χ1) is 3.27. The fourth-order valence-corrected chi connectivity index (χ4v) is 0.169. The first-order valence-electron chi connectivity index (χ1n) is 1.88. The van der Waals surface area contributed by atoms with E-state index in [1.54, 1.807) is 0 Å². The van der Waals surface area contributed by atoms with Crippen LogP contribution in [-0.2, 0) is 0 Å². The second kappa shape index (κ2) is 3.52. The van der Waals surface area contributed by atoms with E-state index in [1.165, 1.54) is 12.2 Å². The summed E-state index contributed by atoms with van der Waals surface area (Å²) in [6.07, 6.45) is 2.80. The van der Waals surface area contributed by atoms with Crippen LogP contribution in [0.5, 0.6) is 0 Å². The maximum absolute atomic E-state index is 8.27. The minimum Gasteiger partial charge on any atom is -0.375 e. The molecule has 0 aliphatic rings. The third-order valence-electron chi connectivity index (χ3n) is 0.405. The molecule has 0 aliphatic carbocycles. The molecule has 40 valence electrons. The Hall–Kier alpha value is -0.670. The van der Waals surface area contributed by atoms with Gasteiger partial charge in [-0.25, -0.2) is 0 Å². The fraction of sp³-hybridized carbons (Fsp3) is 0.250. The maximum Gasteiger partial charge on any atom is 0.121 e. The van der Waals surface area contributed by atoms with E-state index in [0.29, 0.717) is 0 Å². The lowest BCUT2D eigenvalue weighted by Gasteiger charge is -1.88. The number of hydrogen-bond donors (Lipinski definition) is 3. The van der Waals surface area contributed by atoms with Crippen LogP contribution >= 0.6 is 0 Å². The SMILES string of the molecule is N=C/C=C\C(N)O. The summed E-state index contributed by atoms with van der Waals surface area (Å²) in [5, 5.41) is 14.7. The average Bonchev–Trinajstić information content (AvgIpc) is 1.61. The van der Waals surface area contributed by atoms with Gasteiger partial charge in [0.2, 0.25) is 0 Å². The molecule has 0 bridgehead atoms. The third-order valence-corrected chi connectivity index (χ3v) is 0.405. The van der Waals surface area contributed by atoms with Crippen molar-refractivity contribution >= 4 is 6.21 Å². The van der Waals surface area contributed by atoms with E-state index >= 15 is 0 Å². The lowest BCUT2D eigenvalue weighted by Crippen LogP contribution is -2.14. The summed E-state index contributed by atoms with van der Waals surface area (Å²) in [4.78, 5) is 0. The number of aliphatic hydroxyl groups is 1. The highest BCUT2D eigenvalue weighted by Crippen LogP contribution is 1.69. The summed E-state index contributed by atoms with van der Waals surface area (Å²) in [6, 6.07) is 0. The highest BCUT2D eigenvalue weighted by atomic mass is 16.3. The zero-order valence-electron chi connectivity index (χ0n) is 3.83. The molecule has 0 saturated heterocycles. The summed E-state index contributed by atoms with van der Waals surface area (Å²) in [5.74, 6) is 0. The van der Waals surface area contributed by atoms with Crippen LogP contribution in [0.1, 0.15) is 0 Å². The van der Waals surface area contributed by atoms with Crippen molar-refractivity contribution < 1.29 is 5.11 Å². The monoisotopic (exact) mass is 100 g/mol. The fourth-order valence-electron chi connectivity index (χ4n) is 0.169. The number of rotatable bonds is 2. The number of aliphatic hydroxyl groups excluding tert-OH is 1. The van der Waals surface area contributed by atoms with Crippen molar-refractivity contribution in [1.82, 2.24) is 0 Å². The van der Waals surface area contributed by atoms with Crippen LogP contribution in [0.25, 0.3) is 0 Å². The molecule has 0 radical (unpaired) electrons. The van der Waals surface area contributed by atoms with Gasteiger partial charge < -0.3 is 16.2 Å². The Kier molecular flexibility index (Phi) is 3.18. The number of nitrogens with two attached hydrogens (primary N) is 1. The van der Waals surface area contributed by atoms with Crippen molar-refractivity contribution in [3.63, 3.8) is 0 Å². The molecule has 3 nitrogen and oxygen atoms in total. The lowest BCUT2D eigenvalue weighted by molar-refractivity contribution is 0.232. The number of hydrogen-bond acceptors (Lipinski definition) is 3. The van der Waals surface area contributed by atoms with E-state index < -0.39 is 6.23 Å². The minimum atomic E-state index is -0.929. The first-order valence-corrected chi connectivity index (χ1v) is 1.88. The smallest absolute Gasteiger partial charge is 0.121 e. The van der Waals surface area contributed by atoms with Crippen molar-refractivity contribution in [3.05, 3.63) is 12.2 Å². The normalized spacial score (nSPS) is 14.6. The summed E-state index contributed by atoms with van der Waals surface area (Å²) in [6.45, 7) is 0. The van der Waals surface area contributed by atoms with Crippen molar-refractivity contribution in [1.29, 1.82) is 5.41 Å². The third kappa shape index (κ3) is 5.33. The van der Waals surface area contributed by atoms with Crippen molar-refractivity contribution in [2.24, 2.45) is 5.73 Å². The highest BCUT2D eigenvalue weighted by molar-refractivity contribution is 5.67. The molecule has 0 rings (SSSR count). The van der Waals surface area contributed by atoms with Crippen LogP contribution in [0.3, 0.4) is 0 Å². The molecule has 0 amide bonds. The minimum absolute atomic E-state index is 0.929. The Morgan fingerprint density at radius 2 is 2.29 bits per heavy atom. The second-order valence-corrected chi connectivity index (χ2v) is 1.04. The molecular weight excluding hydrogens is 92.1 g/mol. The van der Waals surface area contributed by atoms with Gasteiger partial charge in [-0.1, -0.05) is 0 Å². The van der Waals surface area contributed by atoms with Gasteiger partial charge in [0, 0.05) is 6.21 Å². The average molecular weight is 100 g/mol. The molecule has 0 aromatic heterocycles. The Morgan fingerprint density at radius 3 is 2.43 bits per heavy atom. The van der Waals surface area contributed by atoms with E-state index in [2.05, 4.69) is 0 Å². The van der Waals surface area contributed by atoms with E-state index in [1.807, 2.05) is 0 Å². The molecule has 4 N–H and O–H groups in total. The van der Waals surface area contributed by atoms with Gasteiger partial charge in [0.05, 0.1) is 0 Å². The van der Waals surface area contributed by atoms with Crippen LogP contribution in [0.15, 0.2) is 12.2 Å². The summed E-state index contributed by atoms with van der Waals surface area (Å²) >= 11 is 0. The Balaban J connectivity index is 3.25. The molecule has 0 aromatic rings. The Bertz CT molecular complexity index is 77.8. The molecule has 0 aliphatic heterocycles. The van der Waals surface area contributed by atoms with Crippen LogP contribution in [0.4, 0.5) is 0 Å². The molecule has 0 fully saturated rings. The maximum atomic E-state index is 8.27. The Morgan fingerprint density at radius 1 is 1.71 bits per heavy atom. The molecule has 0 saturated carbocycles. The summed E-state index contributed by atoms with van der Waals surface area (Å²) < 4.78 is 0. The molecule has 3 heteroatoms. The van der Waals surface area contributed by atoms with E-state index in [-0.39, 0.29) is 0 Å². The van der Waals surface area contributed by atoms with Crippen LogP contribution in [0.2, 0.25) is 0 Å². The van der Waals surface area contributed by atoms with Crippen LogP contribution in [-0.4, -0.2) is 17.5 Å². The van der Waals surface area contributed by atoms with Gasteiger partial charge in [-0.3, -0.25) is 0 Å². The molecule has 1 atom stereocenters. The molecule has 1 unspecified atom stereocenters. The van der Waals surface area contributed by atoms with Crippen LogP contribution in [0, 0.1) is 5.41 Å². The zero-order valence-corrected chi connectivity index (χ0v) is 3.83. The molecule has 0 heterocycles. The lowest BCUT2D eigenvalue weighted by atomic mass is 10.5. The Labute approximate surface area is 42.0 Å². The number of allylic oxidation sites excluding steroid dienone is 1. The number of nitrogens with one attached hydrogen (secondary N) is 1. The standard InChI is InChI=1S/C4H8N2O/c5-3-1-2-4(6)7/h1-5,7H,6H2/b2-1-,5-3?. The first kappa shape index (κ1) is 6.33. The predicted molar refractivity (Wildman–Crippen MR) is 28.1 cm³/mol. The largest absolute Gasteiger partial charge is 0.375 e. The van der Waals surface area contributed by atoms with Gasteiger partial charge in [0.25, 0.3) is 0 Å². The topological polar surface area (TPSA) is 70.1 Å². The molecule has 0 aromatic carbocycles. The van der Waals surface area contributed by atoms with Gasteiger partial charge in [-0.15, -0.1) is 0 Å². The molecule has 0 spiro atoms. The highest BCUT2D eigenvalue weighted by Gasteiger charge is 1.78. The van der Waals surface area contributed by atoms with Crippen molar-refractivity contribution in [3.8, 4) is 0 Å². The van der Waals surface area contributed by atoms with E-state index in [9.17, 15) is 0 Å². The summed E-state index contributed by atoms with van der Waals surface area (Å²) in [5.41, 5.74) is 4.84. The van der Waals surface area contributed by atoms with Gasteiger partial charge in [0.1, 0.15) is 6.23 Å². The van der Waals surface area contributed by atoms with Crippen molar-refractivity contribution in [2.75, 3.05) is 0 Å². The predicted octanol–water partition coefficient (Wildman–Crippen LogP) is -0.531. The van der Waals surface area contributed by atoms with Crippen LogP contribution < -0.4 is 5.73 Å². The van der Waals surface area contributed by atoms with Crippen molar-refractivity contribution in [2.45, 2.75) is 6.23 Å².